The van der Waals surface area contributed by atoms with Gasteiger partial charge in [-0.15, -0.1) is 11.3 Å². The molecular formula is C18H21NO5S2. The maximum Gasteiger partial charge on any atom is 0.348 e. The molecule has 1 aliphatic carbocycles. The smallest absolute Gasteiger partial charge is 0.348 e. The number of hydrogen-bond donors (Lipinski definition) is 0. The summed E-state index contributed by atoms with van der Waals surface area (Å²) in [6.07, 6.45) is 5.72. The molecule has 2 aliphatic rings. The van der Waals surface area contributed by atoms with Gasteiger partial charge in [0.1, 0.15) is 11.5 Å². The second-order valence-electron chi connectivity index (χ2n) is 5.97. The van der Waals surface area contributed by atoms with Gasteiger partial charge in [0.2, 0.25) is 5.91 Å². The Hall–Kier alpha value is -1.80. The Labute approximate surface area is 160 Å². The number of nitrogens with zero attached hydrogens (tertiary/aromatic N) is 1. The highest BCUT2D eigenvalue weighted by molar-refractivity contribution is 8.04. The predicted octanol–water partition coefficient (Wildman–Crippen LogP) is 2.76. The molecule has 26 heavy (non-hydrogen) atoms. The lowest BCUT2D eigenvalue weighted by atomic mass is 9.99. The zero-order chi connectivity index (χ0) is 18.5. The molecule has 0 spiro atoms. The predicted molar refractivity (Wildman–Crippen MR) is 100 cm³/mol. The highest BCUT2D eigenvalue weighted by Gasteiger charge is 2.27. The van der Waals surface area contributed by atoms with Crippen molar-refractivity contribution in [3.05, 3.63) is 32.5 Å². The fourth-order valence-electron chi connectivity index (χ4n) is 2.95. The molecule has 0 saturated carbocycles. The minimum Gasteiger partial charge on any atom is -0.463 e. The van der Waals surface area contributed by atoms with E-state index < -0.39 is 5.97 Å². The summed E-state index contributed by atoms with van der Waals surface area (Å²) in [5, 5.41) is 0.538. The van der Waals surface area contributed by atoms with Gasteiger partial charge in [-0.2, -0.15) is 0 Å². The van der Waals surface area contributed by atoms with Crippen molar-refractivity contribution in [2.75, 3.05) is 25.5 Å². The van der Waals surface area contributed by atoms with Crippen LogP contribution in [0.5, 0.6) is 0 Å². The van der Waals surface area contributed by atoms with Crippen LogP contribution in [0.15, 0.2) is 17.2 Å². The summed E-state index contributed by atoms with van der Waals surface area (Å²) in [5.41, 5.74) is 1.26. The van der Waals surface area contributed by atoms with Gasteiger partial charge in [0.15, 0.2) is 0 Å². The molecule has 1 aromatic rings. The highest BCUT2D eigenvalue weighted by Crippen LogP contribution is 2.30. The molecule has 1 amide bonds. The van der Waals surface area contributed by atoms with Gasteiger partial charge in [0, 0.05) is 4.88 Å². The van der Waals surface area contributed by atoms with Gasteiger partial charge in [-0.25, -0.2) is 9.59 Å². The first-order valence-electron chi connectivity index (χ1n) is 8.68. The number of thiophene rings is 1. The minimum atomic E-state index is -0.476. The molecule has 140 valence electrons. The van der Waals surface area contributed by atoms with E-state index in [2.05, 4.69) is 0 Å². The van der Waals surface area contributed by atoms with Crippen LogP contribution in [-0.2, 0) is 31.9 Å². The number of ether oxygens (including phenoxy) is 2. The van der Waals surface area contributed by atoms with Crippen molar-refractivity contribution in [1.82, 2.24) is 4.90 Å². The fourth-order valence-corrected chi connectivity index (χ4v) is 5.05. The molecule has 0 atom stereocenters. The Morgan fingerprint density at radius 1 is 1.27 bits per heavy atom. The zero-order valence-corrected chi connectivity index (χ0v) is 16.2. The molecule has 8 heteroatoms. The Morgan fingerprint density at radius 2 is 2.08 bits per heavy atom. The molecule has 0 unspecified atom stereocenters. The van der Waals surface area contributed by atoms with Crippen molar-refractivity contribution >= 4 is 40.9 Å². The highest BCUT2D eigenvalue weighted by atomic mass is 32.2. The number of thioether (sulfide) groups is 1. The van der Waals surface area contributed by atoms with Gasteiger partial charge in [-0.1, -0.05) is 11.8 Å². The molecule has 6 nitrogen and oxygen atoms in total. The van der Waals surface area contributed by atoms with Crippen LogP contribution in [-0.4, -0.2) is 48.3 Å². The minimum absolute atomic E-state index is 0.0911. The van der Waals surface area contributed by atoms with Gasteiger partial charge in [-0.3, -0.25) is 4.79 Å². The van der Waals surface area contributed by atoms with Crippen LogP contribution in [0, 0.1) is 0 Å². The molecule has 1 saturated heterocycles. The molecule has 1 aliphatic heterocycles. The van der Waals surface area contributed by atoms with Gasteiger partial charge >= 0.3 is 11.9 Å². The van der Waals surface area contributed by atoms with E-state index in [9.17, 15) is 14.4 Å². The summed E-state index contributed by atoms with van der Waals surface area (Å²) < 4.78 is 10.2. The molecule has 0 radical (unpaired) electrons. The van der Waals surface area contributed by atoms with Crippen molar-refractivity contribution < 1.29 is 23.9 Å². The van der Waals surface area contributed by atoms with Crippen LogP contribution in [0.1, 0.15) is 39.9 Å². The topological polar surface area (TPSA) is 72.9 Å². The number of carbonyl (C=O) groups excluding carboxylic acids is 3. The second-order valence-corrected chi connectivity index (χ2v) is 8.10. The first kappa shape index (κ1) is 19.0. The number of aryl methyl sites for hydroxylation is 2. The standard InChI is InChI=1S/C18H21NO5S2/c1-2-23-17(21)10-16-19(15(20)11-25-16)7-8-24-18(22)14-9-12-5-3-4-6-13(12)26-14/h9-10H,2-8,11H2,1H3/b16-10-. The number of fused-ring (bicyclic) bond motifs is 1. The van der Waals surface area contributed by atoms with Crippen molar-refractivity contribution in [3.8, 4) is 0 Å². The lowest BCUT2D eigenvalue weighted by Crippen LogP contribution is -2.29. The van der Waals surface area contributed by atoms with E-state index in [4.69, 9.17) is 9.47 Å². The summed E-state index contributed by atoms with van der Waals surface area (Å²) >= 11 is 2.79. The average molecular weight is 396 g/mol. The summed E-state index contributed by atoms with van der Waals surface area (Å²) in [4.78, 5) is 39.2. The third-order valence-corrected chi connectivity index (χ3v) is 6.43. The van der Waals surface area contributed by atoms with E-state index in [1.165, 1.54) is 57.4 Å². The fraction of sp³-hybridized carbons (Fsp3) is 0.500. The zero-order valence-electron chi connectivity index (χ0n) is 14.6. The van der Waals surface area contributed by atoms with E-state index in [0.717, 1.165) is 12.8 Å². The molecule has 1 fully saturated rings. The summed E-state index contributed by atoms with van der Waals surface area (Å²) in [7, 11) is 0. The van der Waals surface area contributed by atoms with E-state index in [1.54, 1.807) is 6.92 Å². The third kappa shape index (κ3) is 4.48. The molecule has 0 bridgehead atoms. The quantitative estimate of drug-likeness (QED) is 0.545. The second kappa shape index (κ2) is 8.73. The number of amides is 1. The van der Waals surface area contributed by atoms with Crippen molar-refractivity contribution in [2.45, 2.75) is 32.6 Å². The molecule has 3 rings (SSSR count). The number of rotatable bonds is 6. The maximum absolute atomic E-state index is 12.3. The van der Waals surface area contributed by atoms with Crippen molar-refractivity contribution in [1.29, 1.82) is 0 Å². The van der Waals surface area contributed by atoms with Crippen LogP contribution in [0.4, 0.5) is 0 Å². The Bertz CT molecular complexity index is 716. The summed E-state index contributed by atoms with van der Waals surface area (Å²) in [5.74, 6) is -0.653. The molecular weight excluding hydrogens is 374 g/mol. The Kier molecular flexibility index (Phi) is 6.37. The van der Waals surface area contributed by atoms with Crippen LogP contribution in [0.3, 0.4) is 0 Å². The summed E-state index contributed by atoms with van der Waals surface area (Å²) in [6.45, 7) is 2.33. The van der Waals surface area contributed by atoms with Crippen LogP contribution in [0.25, 0.3) is 0 Å². The van der Waals surface area contributed by atoms with Gasteiger partial charge in [0.25, 0.3) is 0 Å². The monoisotopic (exact) mass is 395 g/mol. The molecule has 0 aromatic carbocycles. The van der Waals surface area contributed by atoms with Crippen LogP contribution < -0.4 is 0 Å². The third-order valence-electron chi connectivity index (χ3n) is 4.18. The van der Waals surface area contributed by atoms with Crippen LogP contribution in [0.2, 0.25) is 0 Å². The SMILES string of the molecule is CCOC(=O)/C=C1\SCC(=O)N1CCOC(=O)c1cc2c(s1)CCCC2. The number of hydrogen-bond acceptors (Lipinski definition) is 7. The number of carbonyl (C=O) groups is 3. The van der Waals surface area contributed by atoms with Crippen molar-refractivity contribution in [3.63, 3.8) is 0 Å². The number of esters is 2. The van der Waals surface area contributed by atoms with E-state index in [0.29, 0.717) is 9.91 Å². The Morgan fingerprint density at radius 3 is 2.85 bits per heavy atom. The molecule has 0 N–H and O–H groups in total. The van der Waals surface area contributed by atoms with E-state index in [1.807, 2.05) is 6.07 Å². The molecule has 1 aromatic heterocycles. The first-order chi connectivity index (χ1) is 12.6. The lowest BCUT2D eigenvalue weighted by molar-refractivity contribution is -0.137. The van der Waals surface area contributed by atoms with Gasteiger partial charge in [0.05, 0.1) is 30.0 Å². The van der Waals surface area contributed by atoms with Crippen LogP contribution >= 0.6 is 23.1 Å². The largest absolute Gasteiger partial charge is 0.463 e. The van der Waals surface area contributed by atoms with Gasteiger partial charge < -0.3 is 14.4 Å². The van der Waals surface area contributed by atoms with E-state index >= 15 is 0 Å². The maximum atomic E-state index is 12.3. The van der Waals surface area contributed by atoms with Gasteiger partial charge in [-0.05, 0) is 44.2 Å². The summed E-state index contributed by atoms with van der Waals surface area (Å²) in [6, 6.07) is 1.93. The first-order valence-corrected chi connectivity index (χ1v) is 10.5. The van der Waals surface area contributed by atoms with Crippen molar-refractivity contribution in [2.24, 2.45) is 0 Å². The lowest BCUT2D eigenvalue weighted by Gasteiger charge is -2.16. The molecule has 2 heterocycles. The normalized spacial score (nSPS) is 18.1. The Balaban J connectivity index is 1.54. The van der Waals surface area contributed by atoms with E-state index in [-0.39, 0.29) is 37.4 Å². The average Bonchev–Trinajstić information content (AvgIpc) is 3.20.